The molecule has 0 amide bonds. The molecule has 1 aromatic rings. The first-order valence-corrected chi connectivity index (χ1v) is 9.29. The predicted molar refractivity (Wildman–Crippen MR) is 82.2 cm³/mol. The first kappa shape index (κ1) is 15.4. The summed E-state index contributed by atoms with van der Waals surface area (Å²) in [6, 6.07) is 1.67. The van der Waals surface area contributed by atoms with Crippen LogP contribution in [0, 0.1) is 6.92 Å². The summed E-state index contributed by atoms with van der Waals surface area (Å²) in [6.07, 6.45) is 3.27. The molecule has 0 spiro atoms. The van der Waals surface area contributed by atoms with E-state index in [4.69, 9.17) is 0 Å². The first-order valence-electron chi connectivity index (χ1n) is 6.20. The summed E-state index contributed by atoms with van der Waals surface area (Å²) in [5.41, 5.74) is -0.00573. The predicted octanol–water partition coefficient (Wildman–Crippen LogP) is 2.58. The van der Waals surface area contributed by atoms with Gasteiger partial charge in [0.05, 0.1) is 8.68 Å². The van der Waals surface area contributed by atoms with Crippen LogP contribution in [0.15, 0.2) is 14.7 Å². The first-order chi connectivity index (χ1) is 8.77. The molecule has 19 heavy (non-hydrogen) atoms. The zero-order chi connectivity index (χ0) is 14.3. The number of aryl methyl sites for hydroxylation is 1. The summed E-state index contributed by atoms with van der Waals surface area (Å²) >= 11 is 4.77. The minimum Gasteiger partial charge on any atom is -0.302 e. The van der Waals surface area contributed by atoms with Crippen LogP contribution in [0.2, 0.25) is 0 Å². The van der Waals surface area contributed by atoms with Crippen LogP contribution in [0.5, 0.6) is 0 Å². The number of hydrogen-bond acceptors (Lipinski definition) is 4. The maximum absolute atomic E-state index is 12.3. The summed E-state index contributed by atoms with van der Waals surface area (Å²) in [5, 5.41) is 0. The Morgan fingerprint density at radius 3 is 2.47 bits per heavy atom. The van der Waals surface area contributed by atoms with Crippen LogP contribution in [-0.4, -0.2) is 39.5 Å². The smallest absolute Gasteiger partial charge is 0.241 e. The molecule has 1 aromatic heterocycles. The molecular weight excluding hydrogens is 348 g/mol. The summed E-state index contributed by atoms with van der Waals surface area (Å²) in [5.74, 6) is 0. The molecule has 1 aliphatic rings. The lowest BCUT2D eigenvalue weighted by Gasteiger charge is -2.47. The quantitative estimate of drug-likeness (QED) is 0.870. The fraction of sp³-hybridized carbons (Fsp3) is 0.667. The van der Waals surface area contributed by atoms with Crippen LogP contribution in [-0.2, 0) is 10.0 Å². The summed E-state index contributed by atoms with van der Waals surface area (Å²) in [4.78, 5) is 3.33. The molecule has 0 bridgehead atoms. The van der Waals surface area contributed by atoms with Crippen molar-refractivity contribution in [3.05, 3.63) is 14.7 Å². The monoisotopic (exact) mass is 366 g/mol. The van der Waals surface area contributed by atoms with Crippen LogP contribution in [0.25, 0.3) is 0 Å². The lowest BCUT2D eigenvalue weighted by atomic mass is 9.76. The Hall–Kier alpha value is 0.0500. The van der Waals surface area contributed by atoms with Gasteiger partial charge in [-0.05, 0) is 62.3 Å². The third-order valence-electron chi connectivity index (χ3n) is 3.96. The molecule has 1 fully saturated rings. The molecule has 4 nitrogen and oxygen atoms in total. The van der Waals surface area contributed by atoms with Crippen molar-refractivity contribution in [3.63, 3.8) is 0 Å². The average molecular weight is 367 g/mol. The maximum atomic E-state index is 12.3. The summed E-state index contributed by atoms with van der Waals surface area (Å²) in [6.45, 7) is 2.31. The van der Waals surface area contributed by atoms with Crippen LogP contribution < -0.4 is 4.72 Å². The van der Waals surface area contributed by atoms with Crippen molar-refractivity contribution in [3.8, 4) is 0 Å². The minimum atomic E-state index is -3.41. The molecule has 1 saturated carbocycles. The zero-order valence-electron chi connectivity index (χ0n) is 11.4. The van der Waals surface area contributed by atoms with Gasteiger partial charge in [-0.15, -0.1) is 11.3 Å². The second-order valence-corrected chi connectivity index (χ2v) is 9.64. The third kappa shape index (κ3) is 3.05. The Bertz CT molecular complexity index is 562. The van der Waals surface area contributed by atoms with Crippen LogP contribution >= 0.6 is 27.3 Å². The Balaban J connectivity index is 2.12. The Kier molecular flexibility index (Phi) is 4.42. The van der Waals surface area contributed by atoms with Crippen LogP contribution in [0.3, 0.4) is 0 Å². The van der Waals surface area contributed by atoms with Gasteiger partial charge in [-0.3, -0.25) is 0 Å². The van der Waals surface area contributed by atoms with Gasteiger partial charge in [0.1, 0.15) is 0 Å². The van der Waals surface area contributed by atoms with E-state index in [0.29, 0.717) is 11.4 Å². The van der Waals surface area contributed by atoms with E-state index in [1.807, 2.05) is 21.0 Å². The van der Waals surface area contributed by atoms with Crippen molar-refractivity contribution < 1.29 is 8.42 Å². The number of thiophene rings is 1. The van der Waals surface area contributed by atoms with Gasteiger partial charge in [0.2, 0.25) is 10.0 Å². The van der Waals surface area contributed by atoms with Crippen molar-refractivity contribution in [2.24, 2.45) is 0 Å². The molecule has 2 rings (SSSR count). The van der Waals surface area contributed by atoms with Crippen molar-refractivity contribution in [1.82, 2.24) is 9.62 Å². The fourth-order valence-corrected chi connectivity index (χ4v) is 5.90. The fourth-order valence-electron chi connectivity index (χ4n) is 2.37. The van der Waals surface area contributed by atoms with E-state index >= 15 is 0 Å². The molecular formula is C12H19BrN2O2S2. The topological polar surface area (TPSA) is 49.4 Å². The van der Waals surface area contributed by atoms with Crippen LogP contribution in [0.4, 0.5) is 0 Å². The van der Waals surface area contributed by atoms with Crippen LogP contribution in [0.1, 0.15) is 24.1 Å². The average Bonchev–Trinajstić information content (AvgIpc) is 2.56. The minimum absolute atomic E-state index is 0.00573. The van der Waals surface area contributed by atoms with Gasteiger partial charge in [0, 0.05) is 17.0 Å². The molecule has 0 radical (unpaired) electrons. The van der Waals surface area contributed by atoms with Gasteiger partial charge < -0.3 is 4.90 Å². The van der Waals surface area contributed by atoms with E-state index in [0.717, 1.165) is 21.5 Å². The van der Waals surface area contributed by atoms with E-state index in [-0.39, 0.29) is 5.54 Å². The number of nitrogens with one attached hydrogen (secondary N) is 1. The molecule has 108 valence electrons. The normalized spacial score (nSPS) is 18.6. The number of rotatable bonds is 5. The van der Waals surface area contributed by atoms with Gasteiger partial charge in [-0.25, -0.2) is 13.1 Å². The second kappa shape index (κ2) is 5.44. The highest BCUT2D eigenvalue weighted by molar-refractivity contribution is 9.11. The van der Waals surface area contributed by atoms with E-state index in [9.17, 15) is 8.42 Å². The SMILES string of the molecule is Cc1sc(Br)cc1S(=O)(=O)NCC1(N(C)C)CCC1. The third-order valence-corrected chi connectivity index (χ3v) is 7.17. The summed E-state index contributed by atoms with van der Waals surface area (Å²) < 4.78 is 28.3. The van der Waals surface area contributed by atoms with Gasteiger partial charge in [0.15, 0.2) is 0 Å². The number of hydrogen-bond donors (Lipinski definition) is 1. The molecule has 1 heterocycles. The Morgan fingerprint density at radius 1 is 1.47 bits per heavy atom. The number of likely N-dealkylation sites (N-methyl/N-ethyl adjacent to an activating group) is 1. The van der Waals surface area contributed by atoms with E-state index in [2.05, 4.69) is 25.6 Å². The van der Waals surface area contributed by atoms with Crippen molar-refractivity contribution in [2.75, 3.05) is 20.6 Å². The molecule has 0 aliphatic heterocycles. The van der Waals surface area contributed by atoms with Gasteiger partial charge in [-0.1, -0.05) is 0 Å². The molecule has 0 atom stereocenters. The van der Waals surface area contributed by atoms with Gasteiger partial charge >= 0.3 is 0 Å². The maximum Gasteiger partial charge on any atom is 0.241 e. The van der Waals surface area contributed by atoms with Gasteiger partial charge in [-0.2, -0.15) is 0 Å². The van der Waals surface area contributed by atoms with Crippen molar-refractivity contribution in [2.45, 2.75) is 36.6 Å². The molecule has 0 unspecified atom stereocenters. The largest absolute Gasteiger partial charge is 0.302 e. The number of halogens is 1. The number of sulfonamides is 1. The highest BCUT2D eigenvalue weighted by atomic mass is 79.9. The molecule has 0 aromatic carbocycles. The molecule has 1 aliphatic carbocycles. The van der Waals surface area contributed by atoms with E-state index in [1.165, 1.54) is 17.8 Å². The van der Waals surface area contributed by atoms with Crippen molar-refractivity contribution >= 4 is 37.3 Å². The van der Waals surface area contributed by atoms with E-state index < -0.39 is 10.0 Å². The highest BCUT2D eigenvalue weighted by Crippen LogP contribution is 2.36. The van der Waals surface area contributed by atoms with Gasteiger partial charge in [0.25, 0.3) is 0 Å². The zero-order valence-corrected chi connectivity index (χ0v) is 14.6. The Morgan fingerprint density at radius 2 is 2.11 bits per heavy atom. The lowest BCUT2D eigenvalue weighted by molar-refractivity contribution is 0.0657. The summed E-state index contributed by atoms with van der Waals surface area (Å²) in [7, 11) is 0.618. The highest BCUT2D eigenvalue weighted by Gasteiger charge is 2.40. The molecule has 0 saturated heterocycles. The Labute approximate surface area is 127 Å². The molecule has 1 N–H and O–H groups in total. The van der Waals surface area contributed by atoms with E-state index in [1.54, 1.807) is 6.07 Å². The van der Waals surface area contributed by atoms with Crippen molar-refractivity contribution in [1.29, 1.82) is 0 Å². The molecule has 7 heteroatoms. The lowest BCUT2D eigenvalue weighted by Crippen LogP contribution is -2.57. The standard InChI is InChI=1S/C12H19BrN2O2S2/c1-9-10(7-11(13)18-9)19(16,17)14-8-12(15(2)3)5-4-6-12/h7,14H,4-6,8H2,1-3H3. The number of nitrogens with zero attached hydrogens (tertiary/aromatic N) is 1. The second-order valence-electron chi connectivity index (χ2n) is 5.27.